The number of pyridine rings is 1. The van der Waals surface area contributed by atoms with E-state index in [4.69, 9.17) is 15.1 Å². The molecule has 0 aliphatic heterocycles. The monoisotopic (exact) mass is 409 g/mol. The molecule has 6 nitrogen and oxygen atoms in total. The van der Waals surface area contributed by atoms with Gasteiger partial charge in [-0.05, 0) is 61.7 Å². The Kier molecular flexibility index (Phi) is 6.16. The molecule has 1 aliphatic rings. The number of nitrogens with zero attached hydrogens (tertiary/aromatic N) is 2. The van der Waals surface area contributed by atoms with E-state index in [9.17, 15) is 8.42 Å². The van der Waals surface area contributed by atoms with Crippen LogP contribution in [0.2, 0.25) is 0 Å². The van der Waals surface area contributed by atoms with Gasteiger partial charge in [0.15, 0.2) is 0 Å². The van der Waals surface area contributed by atoms with Crippen LogP contribution in [0.5, 0.6) is 0 Å². The number of nitrogens with two attached hydrogens (primary N) is 1. The molecule has 1 aromatic carbocycles. The van der Waals surface area contributed by atoms with Crippen molar-refractivity contribution < 1.29 is 13.2 Å². The zero-order chi connectivity index (χ0) is 20.9. The third-order valence-corrected chi connectivity index (χ3v) is 6.00. The second-order valence-corrected chi connectivity index (χ2v) is 8.70. The highest BCUT2D eigenvalue weighted by Gasteiger charge is 2.41. The molecule has 150 valence electrons. The quantitative estimate of drug-likeness (QED) is 0.756. The number of sulfonamides is 1. The van der Waals surface area contributed by atoms with Crippen molar-refractivity contribution in [1.29, 1.82) is 5.26 Å². The number of rotatable bonds is 7. The summed E-state index contributed by atoms with van der Waals surface area (Å²) in [5, 5.41) is 14.5. The first-order chi connectivity index (χ1) is 13.9. The zero-order valence-electron chi connectivity index (χ0n) is 16.2. The molecule has 0 spiro atoms. The van der Waals surface area contributed by atoms with Crippen molar-refractivity contribution in [2.45, 2.75) is 26.2 Å². The molecule has 7 heteroatoms. The fourth-order valence-electron chi connectivity index (χ4n) is 3.68. The Labute approximate surface area is 171 Å². The molecule has 0 saturated carbocycles. The molecule has 1 atom stereocenters. The summed E-state index contributed by atoms with van der Waals surface area (Å²) in [6.07, 6.45) is 6.18. The van der Waals surface area contributed by atoms with Crippen molar-refractivity contribution in [2.75, 3.05) is 6.61 Å². The fourth-order valence-corrected chi connectivity index (χ4v) is 4.41. The number of nitriles is 1. The molecule has 0 radical (unpaired) electrons. The molecule has 0 amide bonds. The lowest BCUT2D eigenvalue weighted by molar-refractivity contribution is 0.129. The third kappa shape index (κ3) is 4.91. The molecular formula is C22H23N3O3S. The lowest BCUT2D eigenvalue weighted by Gasteiger charge is -2.38. The summed E-state index contributed by atoms with van der Waals surface area (Å²) >= 11 is 0. The van der Waals surface area contributed by atoms with Gasteiger partial charge in [-0.3, -0.25) is 4.98 Å². The lowest BCUT2D eigenvalue weighted by Crippen LogP contribution is -2.35. The highest BCUT2D eigenvalue weighted by Crippen LogP contribution is 2.45. The van der Waals surface area contributed by atoms with E-state index in [1.54, 1.807) is 24.4 Å². The molecule has 29 heavy (non-hydrogen) atoms. The smallest absolute Gasteiger partial charge is 0.234 e. The van der Waals surface area contributed by atoms with E-state index in [1.165, 1.54) is 6.08 Å². The summed E-state index contributed by atoms with van der Waals surface area (Å²) in [6.45, 7) is 2.36. The number of allylic oxidation sites excluding steroid dienone is 4. The van der Waals surface area contributed by atoms with Gasteiger partial charge in [0.05, 0.1) is 23.1 Å². The standard InChI is InChI=1S/C22H23N3O3S/c1-2-28-21-11-10-20(29(24,26)27)15-22(21,14-19-5-3-4-12-25-19)13-17-6-8-18(16-23)9-7-17/h3-12H,2,13-15H2,1H3,(H2,24,26,27). The van der Waals surface area contributed by atoms with Gasteiger partial charge in [-0.25, -0.2) is 13.6 Å². The molecule has 0 bridgehead atoms. The average molecular weight is 410 g/mol. The van der Waals surface area contributed by atoms with Crippen LogP contribution < -0.4 is 5.14 Å². The SMILES string of the molecule is CCOC1=CC=C(S(N)(=O)=O)CC1(Cc1ccc(C#N)cc1)Cc1ccccn1. The van der Waals surface area contributed by atoms with Crippen molar-refractivity contribution in [3.63, 3.8) is 0 Å². The minimum atomic E-state index is -3.83. The van der Waals surface area contributed by atoms with Crippen LogP contribution in [0, 0.1) is 16.7 Å². The van der Waals surface area contributed by atoms with E-state index in [0.29, 0.717) is 30.8 Å². The Balaban J connectivity index is 2.08. The van der Waals surface area contributed by atoms with Crippen LogP contribution in [-0.4, -0.2) is 20.0 Å². The highest BCUT2D eigenvalue weighted by molar-refractivity contribution is 7.93. The molecule has 2 N–H and O–H groups in total. The molecule has 3 rings (SSSR count). The van der Waals surface area contributed by atoms with E-state index in [0.717, 1.165) is 11.3 Å². The second kappa shape index (κ2) is 8.60. The van der Waals surface area contributed by atoms with Gasteiger partial charge in [-0.1, -0.05) is 18.2 Å². The first kappa shape index (κ1) is 20.8. The summed E-state index contributed by atoms with van der Waals surface area (Å²) in [5.41, 5.74) is 1.72. The highest BCUT2D eigenvalue weighted by atomic mass is 32.2. The predicted molar refractivity (Wildman–Crippen MR) is 111 cm³/mol. The topological polar surface area (TPSA) is 106 Å². The number of primary sulfonamides is 1. The van der Waals surface area contributed by atoms with Crippen LogP contribution in [0.3, 0.4) is 0 Å². The maximum atomic E-state index is 12.1. The molecule has 0 saturated heterocycles. The van der Waals surface area contributed by atoms with Gasteiger partial charge in [0, 0.05) is 23.7 Å². The summed E-state index contributed by atoms with van der Waals surface area (Å²) in [6, 6.07) is 15.1. The van der Waals surface area contributed by atoms with Gasteiger partial charge < -0.3 is 4.74 Å². The number of hydrogen-bond acceptors (Lipinski definition) is 5. The Hall–Kier alpha value is -2.95. The van der Waals surface area contributed by atoms with Gasteiger partial charge in [-0.15, -0.1) is 0 Å². The van der Waals surface area contributed by atoms with Crippen LogP contribution >= 0.6 is 0 Å². The molecule has 0 fully saturated rings. The van der Waals surface area contributed by atoms with Gasteiger partial charge in [-0.2, -0.15) is 5.26 Å². The Morgan fingerprint density at radius 3 is 2.52 bits per heavy atom. The molecule has 1 aliphatic carbocycles. The largest absolute Gasteiger partial charge is 0.498 e. The van der Waals surface area contributed by atoms with Crippen LogP contribution in [0.1, 0.15) is 30.2 Å². The van der Waals surface area contributed by atoms with Gasteiger partial charge >= 0.3 is 0 Å². The van der Waals surface area contributed by atoms with Crippen LogP contribution in [0.25, 0.3) is 0 Å². The number of hydrogen-bond donors (Lipinski definition) is 1. The van der Waals surface area contributed by atoms with Crippen LogP contribution in [0.4, 0.5) is 0 Å². The van der Waals surface area contributed by atoms with Crippen LogP contribution in [-0.2, 0) is 27.6 Å². The van der Waals surface area contributed by atoms with Crippen LogP contribution in [0.15, 0.2) is 71.5 Å². The lowest BCUT2D eigenvalue weighted by atomic mass is 9.71. The molecule has 1 unspecified atom stereocenters. The average Bonchev–Trinajstić information content (AvgIpc) is 2.70. The minimum absolute atomic E-state index is 0.172. The van der Waals surface area contributed by atoms with Crippen molar-refractivity contribution >= 4 is 10.0 Å². The summed E-state index contributed by atoms with van der Waals surface area (Å²) in [7, 11) is -3.83. The van der Waals surface area contributed by atoms with Crippen molar-refractivity contribution in [3.05, 3.63) is 88.3 Å². The van der Waals surface area contributed by atoms with E-state index in [-0.39, 0.29) is 11.3 Å². The molecule has 1 aromatic heterocycles. The van der Waals surface area contributed by atoms with Crippen molar-refractivity contribution in [3.8, 4) is 6.07 Å². The molecule has 1 heterocycles. The van der Waals surface area contributed by atoms with Crippen molar-refractivity contribution in [1.82, 2.24) is 4.98 Å². The number of benzene rings is 1. The first-order valence-corrected chi connectivity index (χ1v) is 10.9. The number of ether oxygens (including phenoxy) is 1. The minimum Gasteiger partial charge on any atom is -0.498 e. The second-order valence-electron chi connectivity index (χ2n) is 7.08. The zero-order valence-corrected chi connectivity index (χ0v) is 17.0. The third-order valence-electron chi connectivity index (χ3n) is 4.99. The normalized spacial score (nSPS) is 19.1. The first-order valence-electron chi connectivity index (χ1n) is 9.32. The van der Waals surface area contributed by atoms with Gasteiger partial charge in [0.1, 0.15) is 5.76 Å². The fraction of sp³-hybridized carbons (Fsp3) is 0.273. The predicted octanol–water partition coefficient (Wildman–Crippen LogP) is 3.22. The van der Waals surface area contributed by atoms with E-state index >= 15 is 0 Å². The van der Waals surface area contributed by atoms with Gasteiger partial charge in [0.25, 0.3) is 0 Å². The Bertz CT molecular complexity index is 1070. The Morgan fingerprint density at radius 1 is 1.17 bits per heavy atom. The van der Waals surface area contributed by atoms with E-state index in [2.05, 4.69) is 11.1 Å². The molecule has 2 aromatic rings. The summed E-state index contributed by atoms with van der Waals surface area (Å²) in [4.78, 5) is 4.61. The van der Waals surface area contributed by atoms with Gasteiger partial charge in [0.2, 0.25) is 10.0 Å². The maximum Gasteiger partial charge on any atom is 0.234 e. The summed E-state index contributed by atoms with van der Waals surface area (Å²) in [5.74, 6) is 0.711. The molecular weight excluding hydrogens is 386 g/mol. The van der Waals surface area contributed by atoms with E-state index < -0.39 is 15.4 Å². The summed E-state index contributed by atoms with van der Waals surface area (Å²) < 4.78 is 30.2. The van der Waals surface area contributed by atoms with Crippen molar-refractivity contribution in [2.24, 2.45) is 10.6 Å². The Morgan fingerprint density at radius 2 is 1.93 bits per heavy atom. The maximum absolute atomic E-state index is 12.1. The van der Waals surface area contributed by atoms with E-state index in [1.807, 2.05) is 37.3 Å². The number of aromatic nitrogens is 1.